The largest absolute Gasteiger partial charge is 0.493 e. The highest BCUT2D eigenvalue weighted by Gasteiger charge is 2.16. The van der Waals surface area contributed by atoms with Crippen LogP contribution in [0.2, 0.25) is 0 Å². The second-order valence-electron chi connectivity index (χ2n) is 5.84. The molecule has 0 spiro atoms. The SMILES string of the molecule is COc1cc(C(C)=NNC(=O)C(=O)Nc2ccc(Br)cc2F)ccc1OCC(N)=O. The zero-order valence-corrected chi connectivity index (χ0v) is 17.6. The van der Waals surface area contributed by atoms with Crippen molar-refractivity contribution in [3.05, 3.63) is 52.3 Å². The summed E-state index contributed by atoms with van der Waals surface area (Å²) in [6, 6.07) is 8.71. The van der Waals surface area contributed by atoms with E-state index in [0.29, 0.717) is 27.2 Å². The number of nitrogens with one attached hydrogen (secondary N) is 2. The fourth-order valence-corrected chi connectivity index (χ4v) is 2.51. The van der Waals surface area contributed by atoms with Crippen LogP contribution < -0.4 is 25.9 Å². The first-order chi connectivity index (χ1) is 14.2. The van der Waals surface area contributed by atoms with Gasteiger partial charge < -0.3 is 20.5 Å². The van der Waals surface area contributed by atoms with E-state index in [9.17, 15) is 18.8 Å². The van der Waals surface area contributed by atoms with Crippen molar-refractivity contribution in [2.45, 2.75) is 6.92 Å². The van der Waals surface area contributed by atoms with Crippen LogP contribution in [0.15, 0.2) is 46.0 Å². The first-order valence-corrected chi connectivity index (χ1v) is 9.20. The third-order valence-electron chi connectivity index (χ3n) is 3.66. The maximum Gasteiger partial charge on any atom is 0.329 e. The number of carbonyl (C=O) groups is 3. The molecule has 0 unspecified atom stereocenters. The number of benzene rings is 2. The second kappa shape index (κ2) is 10.3. The van der Waals surface area contributed by atoms with Crippen LogP contribution in [-0.4, -0.2) is 37.1 Å². The Labute approximate surface area is 179 Å². The Morgan fingerprint density at radius 3 is 2.50 bits per heavy atom. The maximum absolute atomic E-state index is 13.8. The van der Waals surface area contributed by atoms with Gasteiger partial charge in [0.25, 0.3) is 5.91 Å². The van der Waals surface area contributed by atoms with Gasteiger partial charge in [-0.1, -0.05) is 15.9 Å². The van der Waals surface area contributed by atoms with Gasteiger partial charge in [-0.25, -0.2) is 9.82 Å². The van der Waals surface area contributed by atoms with E-state index in [4.69, 9.17) is 15.2 Å². The van der Waals surface area contributed by atoms with Crippen LogP contribution in [0.3, 0.4) is 0 Å². The number of rotatable bonds is 7. The molecular formula is C19H18BrFN4O5. The molecule has 2 aromatic rings. The lowest BCUT2D eigenvalue weighted by Gasteiger charge is -2.11. The molecule has 0 saturated carbocycles. The molecule has 2 aromatic carbocycles. The van der Waals surface area contributed by atoms with Crippen molar-refractivity contribution in [3.8, 4) is 11.5 Å². The number of halogens is 2. The number of amides is 3. The summed E-state index contributed by atoms with van der Waals surface area (Å²) in [4.78, 5) is 34.7. The minimum absolute atomic E-state index is 0.143. The molecule has 0 heterocycles. The Morgan fingerprint density at radius 2 is 1.87 bits per heavy atom. The first-order valence-electron chi connectivity index (χ1n) is 8.41. The molecule has 0 aliphatic carbocycles. The predicted octanol–water partition coefficient (Wildman–Crippen LogP) is 1.94. The van der Waals surface area contributed by atoms with Gasteiger partial charge in [0.1, 0.15) is 5.82 Å². The van der Waals surface area contributed by atoms with E-state index in [-0.39, 0.29) is 12.3 Å². The van der Waals surface area contributed by atoms with Crippen molar-refractivity contribution in [1.29, 1.82) is 0 Å². The fourth-order valence-electron chi connectivity index (χ4n) is 2.18. The Balaban J connectivity index is 2.05. The Hall–Kier alpha value is -3.47. The van der Waals surface area contributed by atoms with Crippen molar-refractivity contribution < 1.29 is 28.2 Å². The van der Waals surface area contributed by atoms with Crippen molar-refractivity contribution in [2.24, 2.45) is 10.8 Å². The number of hydrogen-bond donors (Lipinski definition) is 3. The van der Waals surface area contributed by atoms with Gasteiger partial charge in [-0.3, -0.25) is 14.4 Å². The minimum Gasteiger partial charge on any atom is -0.493 e. The van der Waals surface area contributed by atoms with E-state index in [1.54, 1.807) is 25.1 Å². The minimum atomic E-state index is -1.08. The monoisotopic (exact) mass is 480 g/mol. The van der Waals surface area contributed by atoms with Gasteiger partial charge in [0.05, 0.1) is 18.5 Å². The standard InChI is InChI=1S/C19H18BrFN4O5/c1-10(11-3-6-15(16(7-11)29-2)30-9-17(22)26)24-25-19(28)18(27)23-14-5-4-12(20)8-13(14)21/h3-8H,9H2,1-2H3,(H2,22,26)(H,23,27)(H,25,28). The first kappa shape index (κ1) is 22.8. The van der Waals surface area contributed by atoms with E-state index in [1.165, 1.54) is 19.2 Å². The van der Waals surface area contributed by atoms with Gasteiger partial charge in [-0.15, -0.1) is 0 Å². The summed E-state index contributed by atoms with van der Waals surface area (Å²) in [7, 11) is 1.41. The molecule has 0 saturated heterocycles. The predicted molar refractivity (Wildman–Crippen MR) is 111 cm³/mol. The molecule has 2 rings (SSSR count). The van der Waals surface area contributed by atoms with Crippen molar-refractivity contribution in [3.63, 3.8) is 0 Å². The highest BCUT2D eigenvalue weighted by atomic mass is 79.9. The van der Waals surface area contributed by atoms with Crippen LogP contribution in [0.25, 0.3) is 0 Å². The summed E-state index contributed by atoms with van der Waals surface area (Å²) >= 11 is 3.10. The molecule has 0 aromatic heterocycles. The molecule has 158 valence electrons. The second-order valence-corrected chi connectivity index (χ2v) is 6.75. The topological polar surface area (TPSA) is 132 Å². The molecule has 11 heteroatoms. The van der Waals surface area contributed by atoms with E-state index in [0.717, 1.165) is 6.07 Å². The summed E-state index contributed by atoms with van der Waals surface area (Å²) in [5, 5.41) is 6.02. The lowest BCUT2D eigenvalue weighted by molar-refractivity contribution is -0.136. The van der Waals surface area contributed by atoms with E-state index in [1.807, 2.05) is 0 Å². The van der Waals surface area contributed by atoms with Crippen molar-refractivity contribution in [2.75, 3.05) is 19.0 Å². The number of methoxy groups -OCH3 is 1. The molecule has 0 aliphatic heterocycles. The molecule has 30 heavy (non-hydrogen) atoms. The van der Waals surface area contributed by atoms with Crippen LogP contribution in [0, 0.1) is 5.82 Å². The zero-order chi connectivity index (χ0) is 22.3. The summed E-state index contributed by atoms with van der Waals surface area (Å²) < 4.78 is 24.7. The van der Waals surface area contributed by atoms with Crippen molar-refractivity contribution in [1.82, 2.24) is 5.43 Å². The summed E-state index contributed by atoms with van der Waals surface area (Å²) in [6.07, 6.45) is 0. The van der Waals surface area contributed by atoms with E-state index < -0.39 is 23.5 Å². The number of carbonyl (C=O) groups excluding carboxylic acids is 3. The highest BCUT2D eigenvalue weighted by molar-refractivity contribution is 9.10. The third kappa shape index (κ3) is 6.27. The number of nitrogens with two attached hydrogens (primary N) is 1. The molecule has 0 bridgehead atoms. The smallest absolute Gasteiger partial charge is 0.329 e. The fraction of sp³-hybridized carbons (Fsp3) is 0.158. The van der Waals surface area contributed by atoms with Crippen LogP contribution >= 0.6 is 15.9 Å². The number of nitrogens with zero attached hydrogens (tertiary/aromatic N) is 1. The molecule has 4 N–H and O–H groups in total. The Kier molecular flexibility index (Phi) is 7.87. The van der Waals surface area contributed by atoms with Crippen molar-refractivity contribution >= 4 is 45.1 Å². The number of hydrogen-bond acceptors (Lipinski definition) is 6. The molecule has 0 aliphatic rings. The van der Waals surface area contributed by atoms with E-state index >= 15 is 0 Å². The third-order valence-corrected chi connectivity index (χ3v) is 4.16. The number of ether oxygens (including phenoxy) is 2. The number of primary amides is 1. The van der Waals surface area contributed by atoms with Gasteiger partial charge in [0.15, 0.2) is 18.1 Å². The maximum atomic E-state index is 13.8. The molecular weight excluding hydrogens is 463 g/mol. The Bertz CT molecular complexity index is 1010. The summed E-state index contributed by atoms with van der Waals surface area (Å²) in [5.41, 5.74) is 7.90. The molecule has 0 radical (unpaired) electrons. The number of hydrazone groups is 1. The highest BCUT2D eigenvalue weighted by Crippen LogP contribution is 2.28. The van der Waals surface area contributed by atoms with Crippen LogP contribution in [0.5, 0.6) is 11.5 Å². The quantitative estimate of drug-likeness (QED) is 0.316. The molecule has 9 nitrogen and oxygen atoms in total. The average Bonchev–Trinajstić information content (AvgIpc) is 2.71. The van der Waals surface area contributed by atoms with E-state index in [2.05, 4.69) is 31.8 Å². The summed E-state index contributed by atoms with van der Waals surface area (Å²) in [5.74, 6) is -2.88. The average molecular weight is 481 g/mol. The van der Waals surface area contributed by atoms with Crippen LogP contribution in [0.4, 0.5) is 10.1 Å². The lowest BCUT2D eigenvalue weighted by atomic mass is 10.1. The van der Waals surface area contributed by atoms with Gasteiger partial charge in [-0.05, 0) is 43.3 Å². The van der Waals surface area contributed by atoms with Gasteiger partial charge >= 0.3 is 11.8 Å². The lowest BCUT2D eigenvalue weighted by Crippen LogP contribution is -2.33. The zero-order valence-electron chi connectivity index (χ0n) is 16.0. The summed E-state index contributed by atoms with van der Waals surface area (Å²) in [6.45, 7) is 1.28. The molecule has 0 fully saturated rings. The van der Waals surface area contributed by atoms with Gasteiger partial charge in [0.2, 0.25) is 0 Å². The molecule has 3 amide bonds. The number of anilines is 1. The van der Waals surface area contributed by atoms with Crippen LogP contribution in [0.1, 0.15) is 12.5 Å². The molecule has 0 atom stereocenters. The van der Waals surface area contributed by atoms with Gasteiger partial charge in [-0.2, -0.15) is 5.10 Å². The normalized spacial score (nSPS) is 10.9. The van der Waals surface area contributed by atoms with Gasteiger partial charge in [0, 0.05) is 10.0 Å². The van der Waals surface area contributed by atoms with Crippen LogP contribution in [-0.2, 0) is 14.4 Å². The Morgan fingerprint density at radius 1 is 1.13 bits per heavy atom.